The average Bonchev–Trinajstić information content (AvgIpc) is 2.29. The highest BCUT2D eigenvalue weighted by molar-refractivity contribution is 7.80. The summed E-state index contributed by atoms with van der Waals surface area (Å²) in [5, 5.41) is 0. The van der Waals surface area contributed by atoms with Crippen molar-refractivity contribution in [3.05, 3.63) is 0 Å². The lowest BCUT2D eigenvalue weighted by Crippen LogP contribution is -2.43. The van der Waals surface area contributed by atoms with Crippen LogP contribution in [0.2, 0.25) is 0 Å². The van der Waals surface area contributed by atoms with Crippen molar-refractivity contribution in [2.75, 3.05) is 13.1 Å². The maximum atomic E-state index is 11.9. The van der Waals surface area contributed by atoms with Gasteiger partial charge in [-0.25, -0.2) is 0 Å². The molecule has 3 nitrogen and oxygen atoms in total. The monoisotopic (exact) mass is 242 g/mol. The maximum Gasteiger partial charge on any atom is 0.222 e. The molecule has 2 N–H and O–H groups in total. The van der Waals surface area contributed by atoms with Crippen molar-refractivity contribution in [1.82, 2.24) is 4.90 Å². The fourth-order valence-corrected chi connectivity index (χ4v) is 2.31. The molecule has 1 saturated heterocycles. The zero-order chi connectivity index (χ0) is 12.0. The molecule has 0 bridgehead atoms. The van der Waals surface area contributed by atoms with Gasteiger partial charge in [-0.05, 0) is 19.3 Å². The summed E-state index contributed by atoms with van der Waals surface area (Å²) >= 11 is 5.00. The molecule has 16 heavy (non-hydrogen) atoms. The molecule has 1 rings (SSSR count). The molecule has 0 aromatic carbocycles. The molecule has 0 aliphatic carbocycles. The zero-order valence-corrected chi connectivity index (χ0v) is 10.9. The number of piperidine rings is 1. The number of thiocarbonyl (C=S) groups is 1. The second-order valence-electron chi connectivity index (χ2n) is 4.54. The van der Waals surface area contributed by atoms with E-state index in [-0.39, 0.29) is 11.8 Å². The fourth-order valence-electron chi connectivity index (χ4n) is 2.12. The smallest absolute Gasteiger partial charge is 0.222 e. The molecule has 0 radical (unpaired) electrons. The Kier molecular flexibility index (Phi) is 5.74. The van der Waals surface area contributed by atoms with Crippen LogP contribution in [0.1, 0.15) is 45.4 Å². The maximum absolute atomic E-state index is 11.9. The number of unbranched alkanes of at least 4 members (excludes halogenated alkanes) is 2. The molecule has 1 unspecified atom stereocenters. The third-order valence-corrected chi connectivity index (χ3v) is 3.50. The topological polar surface area (TPSA) is 46.3 Å². The van der Waals surface area contributed by atoms with Crippen molar-refractivity contribution >= 4 is 23.1 Å². The highest BCUT2D eigenvalue weighted by atomic mass is 32.1. The standard InChI is InChI=1S/C12H22N2OS/c1-2-3-4-7-11(15)14-8-5-6-10(9-14)12(13)16/h10H,2-9H2,1H3,(H2,13,16). The van der Waals surface area contributed by atoms with Crippen molar-refractivity contribution in [3.63, 3.8) is 0 Å². The highest BCUT2D eigenvalue weighted by Gasteiger charge is 2.24. The normalized spacial score (nSPS) is 20.8. The number of likely N-dealkylation sites (tertiary alicyclic amines) is 1. The van der Waals surface area contributed by atoms with E-state index in [1.165, 1.54) is 0 Å². The van der Waals surface area contributed by atoms with Crippen LogP contribution in [0.15, 0.2) is 0 Å². The first kappa shape index (κ1) is 13.4. The average molecular weight is 242 g/mol. The Hall–Kier alpha value is -0.640. The van der Waals surface area contributed by atoms with Gasteiger partial charge in [-0.1, -0.05) is 32.0 Å². The summed E-state index contributed by atoms with van der Waals surface area (Å²) in [5.74, 6) is 0.508. The van der Waals surface area contributed by atoms with Crippen LogP contribution in [0.5, 0.6) is 0 Å². The van der Waals surface area contributed by atoms with Crippen LogP contribution in [0.3, 0.4) is 0 Å². The van der Waals surface area contributed by atoms with Gasteiger partial charge in [-0.2, -0.15) is 0 Å². The van der Waals surface area contributed by atoms with E-state index in [2.05, 4.69) is 6.92 Å². The van der Waals surface area contributed by atoms with E-state index >= 15 is 0 Å². The van der Waals surface area contributed by atoms with Crippen LogP contribution in [0, 0.1) is 5.92 Å². The van der Waals surface area contributed by atoms with Gasteiger partial charge in [0.15, 0.2) is 0 Å². The van der Waals surface area contributed by atoms with E-state index in [1.807, 2.05) is 4.90 Å². The van der Waals surface area contributed by atoms with Gasteiger partial charge in [0.25, 0.3) is 0 Å². The molecule has 92 valence electrons. The van der Waals surface area contributed by atoms with Crippen molar-refractivity contribution in [3.8, 4) is 0 Å². The first-order chi connectivity index (χ1) is 7.65. The lowest BCUT2D eigenvalue weighted by Gasteiger charge is -2.32. The lowest BCUT2D eigenvalue weighted by atomic mass is 9.97. The SMILES string of the molecule is CCCCCC(=O)N1CCCC(C(N)=S)C1. The van der Waals surface area contributed by atoms with E-state index in [9.17, 15) is 4.79 Å². The third-order valence-electron chi connectivity index (χ3n) is 3.17. The number of hydrogen-bond acceptors (Lipinski definition) is 2. The minimum atomic E-state index is 0.235. The Bertz CT molecular complexity index is 255. The van der Waals surface area contributed by atoms with Crippen molar-refractivity contribution in [2.24, 2.45) is 11.7 Å². The molecule has 0 aromatic rings. The molecule has 1 aliphatic heterocycles. The number of amides is 1. The van der Waals surface area contributed by atoms with Crippen LogP contribution in [0.25, 0.3) is 0 Å². The second kappa shape index (κ2) is 6.84. The van der Waals surface area contributed by atoms with E-state index < -0.39 is 0 Å². The molecule has 1 atom stereocenters. The summed E-state index contributed by atoms with van der Waals surface area (Å²) in [7, 11) is 0. The molecule has 1 heterocycles. The third kappa shape index (κ3) is 4.08. The summed E-state index contributed by atoms with van der Waals surface area (Å²) in [6.45, 7) is 3.76. The fraction of sp³-hybridized carbons (Fsp3) is 0.833. The Labute approximate surface area is 103 Å². The number of carbonyl (C=O) groups excluding carboxylic acids is 1. The van der Waals surface area contributed by atoms with Gasteiger partial charge in [0.1, 0.15) is 0 Å². The largest absolute Gasteiger partial charge is 0.393 e. The number of rotatable bonds is 5. The number of nitrogens with zero attached hydrogens (tertiary/aromatic N) is 1. The molecule has 1 amide bonds. The highest BCUT2D eigenvalue weighted by Crippen LogP contribution is 2.18. The van der Waals surface area contributed by atoms with Crippen molar-refractivity contribution in [1.29, 1.82) is 0 Å². The molecule has 4 heteroatoms. The first-order valence-electron chi connectivity index (χ1n) is 6.22. The molecule has 1 fully saturated rings. The van der Waals surface area contributed by atoms with Crippen LogP contribution in [0.4, 0.5) is 0 Å². The van der Waals surface area contributed by atoms with Gasteiger partial charge in [-0.15, -0.1) is 0 Å². The number of carbonyl (C=O) groups is 1. The molecular formula is C12H22N2OS. The minimum absolute atomic E-state index is 0.235. The summed E-state index contributed by atoms with van der Waals surface area (Å²) in [5.41, 5.74) is 5.64. The Morgan fingerprint density at radius 1 is 1.50 bits per heavy atom. The van der Waals surface area contributed by atoms with Crippen LogP contribution < -0.4 is 5.73 Å². The van der Waals surface area contributed by atoms with E-state index in [4.69, 9.17) is 18.0 Å². The zero-order valence-electron chi connectivity index (χ0n) is 10.1. The molecule has 0 aromatic heterocycles. The summed E-state index contributed by atoms with van der Waals surface area (Å²) in [6.07, 6.45) is 6.04. The molecular weight excluding hydrogens is 220 g/mol. The van der Waals surface area contributed by atoms with Crippen molar-refractivity contribution < 1.29 is 4.79 Å². The van der Waals surface area contributed by atoms with Gasteiger partial charge < -0.3 is 10.6 Å². The van der Waals surface area contributed by atoms with Gasteiger partial charge in [0.05, 0.1) is 4.99 Å². The molecule has 0 saturated carbocycles. The summed E-state index contributed by atoms with van der Waals surface area (Å²) < 4.78 is 0. The minimum Gasteiger partial charge on any atom is -0.393 e. The van der Waals surface area contributed by atoms with Crippen LogP contribution in [-0.4, -0.2) is 28.9 Å². The predicted octanol–water partition coefficient (Wildman–Crippen LogP) is 2.09. The Morgan fingerprint density at radius 2 is 2.25 bits per heavy atom. The molecule has 0 spiro atoms. The van der Waals surface area contributed by atoms with Crippen LogP contribution in [-0.2, 0) is 4.79 Å². The predicted molar refractivity (Wildman–Crippen MR) is 70.2 cm³/mol. The van der Waals surface area contributed by atoms with E-state index in [0.717, 1.165) is 45.2 Å². The Balaban J connectivity index is 2.35. The molecule has 1 aliphatic rings. The van der Waals surface area contributed by atoms with Gasteiger partial charge in [-0.3, -0.25) is 4.79 Å². The van der Waals surface area contributed by atoms with E-state index in [1.54, 1.807) is 0 Å². The number of hydrogen-bond donors (Lipinski definition) is 1. The quantitative estimate of drug-likeness (QED) is 0.593. The second-order valence-corrected chi connectivity index (χ2v) is 5.01. The number of nitrogens with two attached hydrogens (primary N) is 1. The van der Waals surface area contributed by atoms with Gasteiger partial charge >= 0.3 is 0 Å². The lowest BCUT2D eigenvalue weighted by molar-refractivity contribution is -0.132. The van der Waals surface area contributed by atoms with Gasteiger partial charge in [0.2, 0.25) is 5.91 Å². The summed E-state index contributed by atoms with van der Waals surface area (Å²) in [4.78, 5) is 14.4. The summed E-state index contributed by atoms with van der Waals surface area (Å²) in [6, 6.07) is 0. The Morgan fingerprint density at radius 3 is 2.88 bits per heavy atom. The van der Waals surface area contributed by atoms with E-state index in [0.29, 0.717) is 11.4 Å². The first-order valence-corrected chi connectivity index (χ1v) is 6.63. The van der Waals surface area contributed by atoms with Crippen molar-refractivity contribution in [2.45, 2.75) is 45.4 Å². The van der Waals surface area contributed by atoms with Gasteiger partial charge in [0, 0.05) is 25.4 Å². The van der Waals surface area contributed by atoms with Crippen LogP contribution >= 0.6 is 12.2 Å².